The molecule has 0 aliphatic rings. The lowest BCUT2D eigenvalue weighted by Crippen LogP contribution is -2.45. The molecule has 0 aliphatic heterocycles. The second-order valence-electron chi connectivity index (χ2n) is 4.66. The van der Waals surface area contributed by atoms with Crippen molar-refractivity contribution in [2.24, 2.45) is 5.92 Å². The number of amides is 1. The molecule has 1 rings (SSSR count). The lowest BCUT2D eigenvalue weighted by molar-refractivity contribution is -0.140. The van der Waals surface area contributed by atoms with Gasteiger partial charge in [0.2, 0.25) is 0 Å². The molecule has 2 N–H and O–H groups in total. The maximum absolute atomic E-state index is 13.6. The second-order valence-corrected chi connectivity index (χ2v) is 4.66. The number of benzene rings is 1. The van der Waals surface area contributed by atoms with E-state index in [-0.39, 0.29) is 11.5 Å². The van der Waals surface area contributed by atoms with E-state index in [1.54, 1.807) is 19.9 Å². The number of carboxylic acids is 1. The summed E-state index contributed by atoms with van der Waals surface area (Å²) in [5, 5.41) is 11.4. The first-order valence-corrected chi connectivity index (χ1v) is 6.16. The quantitative estimate of drug-likeness (QED) is 0.860. The van der Waals surface area contributed by atoms with Gasteiger partial charge in [-0.05, 0) is 30.5 Å². The first-order chi connectivity index (χ1) is 8.86. The van der Waals surface area contributed by atoms with Crippen LogP contribution in [0.1, 0.15) is 36.2 Å². The fourth-order valence-corrected chi connectivity index (χ4v) is 1.71. The average Bonchev–Trinajstić information content (AvgIpc) is 2.34. The molecular weight excluding hydrogens is 249 g/mol. The van der Waals surface area contributed by atoms with Crippen LogP contribution in [-0.4, -0.2) is 23.0 Å². The van der Waals surface area contributed by atoms with E-state index in [1.165, 1.54) is 12.1 Å². The van der Waals surface area contributed by atoms with Crippen LogP contribution in [0.5, 0.6) is 0 Å². The van der Waals surface area contributed by atoms with Gasteiger partial charge in [-0.3, -0.25) is 4.79 Å². The standard InChI is InChI=1S/C14H18FNO3/c1-4-9(3)12(14(18)19)16-13(17)10-6-5-8(2)7-11(10)15/h5-7,9,12H,4H2,1-3H3,(H,16,17)(H,18,19)/t9-,12-/m0/s1. The third-order valence-corrected chi connectivity index (χ3v) is 3.13. The lowest BCUT2D eigenvalue weighted by atomic mass is 9.99. The van der Waals surface area contributed by atoms with Gasteiger partial charge in [-0.25, -0.2) is 9.18 Å². The Morgan fingerprint density at radius 2 is 2.05 bits per heavy atom. The van der Waals surface area contributed by atoms with Crippen LogP contribution in [0.25, 0.3) is 0 Å². The Kier molecular flexibility index (Phi) is 5.03. The fourth-order valence-electron chi connectivity index (χ4n) is 1.71. The van der Waals surface area contributed by atoms with E-state index in [2.05, 4.69) is 5.32 Å². The summed E-state index contributed by atoms with van der Waals surface area (Å²) in [6.07, 6.45) is 0.605. The van der Waals surface area contributed by atoms with E-state index < -0.39 is 23.7 Å². The molecule has 0 aromatic heterocycles. The number of hydrogen-bond acceptors (Lipinski definition) is 2. The molecule has 0 spiro atoms. The van der Waals surface area contributed by atoms with Gasteiger partial charge < -0.3 is 10.4 Å². The van der Waals surface area contributed by atoms with Crippen LogP contribution in [0.4, 0.5) is 4.39 Å². The molecule has 0 radical (unpaired) electrons. The molecule has 4 nitrogen and oxygen atoms in total. The number of aliphatic carboxylic acids is 1. The van der Waals surface area contributed by atoms with Gasteiger partial charge in [0.1, 0.15) is 11.9 Å². The summed E-state index contributed by atoms with van der Waals surface area (Å²) in [5.74, 6) is -2.69. The van der Waals surface area contributed by atoms with Crippen molar-refractivity contribution in [3.05, 3.63) is 35.1 Å². The topological polar surface area (TPSA) is 66.4 Å². The molecule has 1 aromatic rings. The minimum Gasteiger partial charge on any atom is -0.480 e. The Hall–Kier alpha value is -1.91. The summed E-state index contributed by atoms with van der Waals surface area (Å²) in [4.78, 5) is 23.0. The summed E-state index contributed by atoms with van der Waals surface area (Å²) in [7, 11) is 0. The van der Waals surface area contributed by atoms with E-state index >= 15 is 0 Å². The normalized spacial score (nSPS) is 13.7. The SMILES string of the molecule is CC[C@H](C)[C@H](NC(=O)c1ccc(C)cc1F)C(=O)O. The van der Waals surface area contributed by atoms with E-state index in [0.29, 0.717) is 12.0 Å². The van der Waals surface area contributed by atoms with Crippen LogP contribution in [0.3, 0.4) is 0 Å². The average molecular weight is 267 g/mol. The summed E-state index contributed by atoms with van der Waals surface area (Å²) in [5.41, 5.74) is 0.561. The molecule has 0 saturated carbocycles. The van der Waals surface area contributed by atoms with Crippen molar-refractivity contribution in [2.75, 3.05) is 0 Å². The van der Waals surface area contributed by atoms with E-state index in [0.717, 1.165) is 0 Å². The molecule has 0 aliphatic carbocycles. The van der Waals surface area contributed by atoms with E-state index in [9.17, 15) is 14.0 Å². The molecule has 5 heteroatoms. The van der Waals surface area contributed by atoms with Crippen molar-refractivity contribution < 1.29 is 19.1 Å². The highest BCUT2D eigenvalue weighted by Gasteiger charge is 2.26. The summed E-state index contributed by atoms with van der Waals surface area (Å²) in [6.45, 7) is 5.27. The number of carbonyl (C=O) groups is 2. The maximum Gasteiger partial charge on any atom is 0.326 e. The minimum atomic E-state index is -1.12. The van der Waals surface area contributed by atoms with Crippen LogP contribution >= 0.6 is 0 Å². The zero-order valence-electron chi connectivity index (χ0n) is 11.2. The fraction of sp³-hybridized carbons (Fsp3) is 0.429. The van der Waals surface area contributed by atoms with Crippen molar-refractivity contribution >= 4 is 11.9 Å². The molecule has 0 fully saturated rings. The van der Waals surface area contributed by atoms with E-state index in [1.807, 2.05) is 6.92 Å². The van der Waals surface area contributed by atoms with Gasteiger partial charge in [-0.15, -0.1) is 0 Å². The summed E-state index contributed by atoms with van der Waals surface area (Å²) >= 11 is 0. The van der Waals surface area contributed by atoms with Crippen LogP contribution < -0.4 is 5.32 Å². The third-order valence-electron chi connectivity index (χ3n) is 3.13. The Labute approximate surface area is 111 Å². The predicted molar refractivity (Wildman–Crippen MR) is 69.5 cm³/mol. The molecule has 0 unspecified atom stereocenters. The first-order valence-electron chi connectivity index (χ1n) is 6.16. The van der Waals surface area contributed by atoms with Gasteiger partial charge in [-0.2, -0.15) is 0 Å². The Morgan fingerprint density at radius 1 is 1.42 bits per heavy atom. The van der Waals surface area contributed by atoms with Crippen LogP contribution in [0, 0.1) is 18.7 Å². The van der Waals surface area contributed by atoms with E-state index in [4.69, 9.17) is 5.11 Å². The zero-order valence-corrected chi connectivity index (χ0v) is 11.2. The van der Waals surface area contributed by atoms with Crippen LogP contribution in [0.2, 0.25) is 0 Å². The molecular formula is C14H18FNO3. The highest BCUT2D eigenvalue weighted by molar-refractivity contribution is 5.96. The number of carbonyl (C=O) groups excluding carboxylic acids is 1. The molecule has 1 aromatic carbocycles. The van der Waals surface area contributed by atoms with Gasteiger partial charge in [-0.1, -0.05) is 26.3 Å². The Bertz CT molecular complexity index is 488. The number of halogens is 1. The second kappa shape index (κ2) is 6.31. The monoisotopic (exact) mass is 267 g/mol. The zero-order chi connectivity index (χ0) is 14.6. The van der Waals surface area contributed by atoms with Gasteiger partial charge >= 0.3 is 5.97 Å². The molecule has 19 heavy (non-hydrogen) atoms. The smallest absolute Gasteiger partial charge is 0.326 e. The molecule has 104 valence electrons. The van der Waals surface area contributed by atoms with Crippen molar-refractivity contribution in [3.8, 4) is 0 Å². The van der Waals surface area contributed by atoms with Gasteiger partial charge in [0.05, 0.1) is 5.56 Å². The molecule has 1 amide bonds. The Balaban J connectivity index is 2.91. The molecule has 0 saturated heterocycles. The van der Waals surface area contributed by atoms with Crippen LogP contribution in [0.15, 0.2) is 18.2 Å². The summed E-state index contributed by atoms with van der Waals surface area (Å²) in [6, 6.07) is 3.19. The maximum atomic E-state index is 13.6. The summed E-state index contributed by atoms with van der Waals surface area (Å²) < 4.78 is 13.6. The predicted octanol–water partition coefficient (Wildman–Crippen LogP) is 2.36. The Morgan fingerprint density at radius 3 is 2.53 bits per heavy atom. The number of hydrogen-bond donors (Lipinski definition) is 2. The number of carboxylic acid groups (broad SMARTS) is 1. The van der Waals surface area contributed by atoms with Crippen molar-refractivity contribution in [3.63, 3.8) is 0 Å². The minimum absolute atomic E-state index is 0.139. The number of aryl methyl sites for hydroxylation is 1. The molecule has 2 atom stereocenters. The highest BCUT2D eigenvalue weighted by Crippen LogP contribution is 2.12. The van der Waals surface area contributed by atoms with Crippen molar-refractivity contribution in [2.45, 2.75) is 33.2 Å². The lowest BCUT2D eigenvalue weighted by Gasteiger charge is -2.20. The highest BCUT2D eigenvalue weighted by atomic mass is 19.1. The van der Waals surface area contributed by atoms with Gasteiger partial charge in [0.25, 0.3) is 5.91 Å². The van der Waals surface area contributed by atoms with Crippen molar-refractivity contribution in [1.82, 2.24) is 5.32 Å². The van der Waals surface area contributed by atoms with Crippen molar-refractivity contribution in [1.29, 1.82) is 0 Å². The number of rotatable bonds is 5. The molecule has 0 bridgehead atoms. The van der Waals surface area contributed by atoms with Gasteiger partial charge in [0.15, 0.2) is 0 Å². The van der Waals surface area contributed by atoms with Crippen LogP contribution in [-0.2, 0) is 4.79 Å². The number of nitrogens with one attached hydrogen (secondary N) is 1. The largest absolute Gasteiger partial charge is 0.480 e. The third kappa shape index (κ3) is 3.77. The first kappa shape index (κ1) is 15.1. The van der Waals surface area contributed by atoms with Gasteiger partial charge in [0, 0.05) is 0 Å². The molecule has 0 heterocycles.